The first kappa shape index (κ1) is 12.4. The number of hydrogen-bond acceptors (Lipinski definition) is 4. The summed E-state index contributed by atoms with van der Waals surface area (Å²) in [6.45, 7) is 1.95. The van der Waals surface area contributed by atoms with E-state index in [4.69, 9.17) is 0 Å². The van der Waals surface area contributed by atoms with Crippen molar-refractivity contribution < 1.29 is 9.90 Å². The van der Waals surface area contributed by atoms with Gasteiger partial charge < -0.3 is 15.3 Å². The maximum atomic E-state index is 12.0. The number of aliphatic hydroxyl groups is 1. The van der Waals surface area contributed by atoms with Crippen LogP contribution in [0.25, 0.3) is 0 Å². The van der Waals surface area contributed by atoms with Crippen LogP contribution in [0.2, 0.25) is 0 Å². The van der Waals surface area contributed by atoms with Crippen LogP contribution in [0.15, 0.2) is 18.5 Å². The van der Waals surface area contributed by atoms with E-state index in [1.54, 1.807) is 33.3 Å². The zero-order valence-corrected chi connectivity index (χ0v) is 9.77. The summed E-state index contributed by atoms with van der Waals surface area (Å²) in [5.74, 6) is -0.154. The lowest BCUT2D eigenvalue weighted by Crippen LogP contribution is -2.33. The topological polar surface area (TPSA) is 65.5 Å². The van der Waals surface area contributed by atoms with E-state index >= 15 is 0 Å². The summed E-state index contributed by atoms with van der Waals surface area (Å²) < 4.78 is 0. The van der Waals surface area contributed by atoms with Crippen LogP contribution in [0.4, 0.5) is 5.69 Å². The third kappa shape index (κ3) is 2.93. The molecular formula is C11H17N3O2. The molecule has 0 bridgehead atoms. The molecule has 16 heavy (non-hydrogen) atoms. The number of carbonyl (C=O) groups excluding carboxylic acids is 1. The number of rotatable bonds is 4. The van der Waals surface area contributed by atoms with Crippen molar-refractivity contribution in [1.82, 2.24) is 9.88 Å². The summed E-state index contributed by atoms with van der Waals surface area (Å²) in [5, 5.41) is 12.2. The average molecular weight is 223 g/mol. The highest BCUT2D eigenvalue weighted by Crippen LogP contribution is 2.14. The molecule has 88 valence electrons. The molecule has 5 nitrogen and oxygen atoms in total. The summed E-state index contributed by atoms with van der Waals surface area (Å²) in [6, 6.07) is 1.74. The van der Waals surface area contributed by atoms with Crippen molar-refractivity contribution >= 4 is 11.6 Å². The van der Waals surface area contributed by atoms with Gasteiger partial charge in [0.1, 0.15) is 0 Å². The highest BCUT2D eigenvalue weighted by atomic mass is 16.3. The van der Waals surface area contributed by atoms with Crippen LogP contribution >= 0.6 is 0 Å². The molecule has 0 fully saturated rings. The Hall–Kier alpha value is -1.62. The Morgan fingerprint density at radius 3 is 2.94 bits per heavy atom. The van der Waals surface area contributed by atoms with Crippen molar-refractivity contribution in [3.8, 4) is 0 Å². The Balaban J connectivity index is 2.87. The predicted octanol–water partition coefficient (Wildman–Crippen LogP) is 0.576. The Kier molecular flexibility index (Phi) is 4.25. The van der Waals surface area contributed by atoms with E-state index in [0.29, 0.717) is 12.1 Å². The molecule has 1 aromatic rings. The lowest BCUT2D eigenvalue weighted by Gasteiger charge is -2.19. The van der Waals surface area contributed by atoms with Crippen molar-refractivity contribution in [2.24, 2.45) is 0 Å². The molecule has 0 aliphatic heterocycles. The van der Waals surface area contributed by atoms with Gasteiger partial charge in [-0.3, -0.25) is 9.78 Å². The van der Waals surface area contributed by atoms with Crippen molar-refractivity contribution in [2.45, 2.75) is 13.0 Å². The highest BCUT2D eigenvalue weighted by molar-refractivity contribution is 5.99. The van der Waals surface area contributed by atoms with Crippen LogP contribution < -0.4 is 5.32 Å². The van der Waals surface area contributed by atoms with E-state index < -0.39 is 6.10 Å². The van der Waals surface area contributed by atoms with Gasteiger partial charge in [0.05, 0.1) is 11.7 Å². The lowest BCUT2D eigenvalue weighted by atomic mass is 10.2. The van der Waals surface area contributed by atoms with Gasteiger partial charge in [-0.2, -0.15) is 0 Å². The van der Waals surface area contributed by atoms with E-state index in [0.717, 1.165) is 5.69 Å². The Bertz CT molecular complexity index is 366. The second-order valence-electron chi connectivity index (χ2n) is 3.71. The number of aliphatic hydroxyl groups excluding tert-OH is 1. The molecule has 0 aliphatic rings. The molecule has 2 N–H and O–H groups in total. The molecule has 1 unspecified atom stereocenters. The molecule has 1 amide bonds. The fraction of sp³-hybridized carbons (Fsp3) is 0.455. The minimum absolute atomic E-state index is 0.154. The second-order valence-corrected chi connectivity index (χ2v) is 3.71. The molecule has 0 aromatic carbocycles. The first-order valence-corrected chi connectivity index (χ1v) is 5.11. The molecule has 5 heteroatoms. The SMILES string of the molecule is CNc1ccncc1C(=O)N(C)CC(C)O. The third-order valence-electron chi connectivity index (χ3n) is 2.21. The number of aromatic nitrogens is 1. The molecule has 1 rings (SSSR count). The number of pyridine rings is 1. The number of nitrogens with zero attached hydrogens (tertiary/aromatic N) is 2. The smallest absolute Gasteiger partial charge is 0.257 e. The van der Waals surface area contributed by atoms with Gasteiger partial charge in [0.2, 0.25) is 0 Å². The van der Waals surface area contributed by atoms with Crippen LogP contribution in [0, 0.1) is 0 Å². The van der Waals surface area contributed by atoms with E-state index in [9.17, 15) is 9.90 Å². The normalized spacial score (nSPS) is 12.0. The van der Waals surface area contributed by atoms with E-state index in [1.165, 1.54) is 11.1 Å². The van der Waals surface area contributed by atoms with Gasteiger partial charge in [-0.25, -0.2) is 0 Å². The second kappa shape index (κ2) is 5.46. The first-order chi connectivity index (χ1) is 7.56. The molecule has 1 atom stereocenters. The number of hydrogen-bond donors (Lipinski definition) is 2. The standard InChI is InChI=1S/C11H17N3O2/c1-8(15)7-14(3)11(16)9-6-13-5-4-10(9)12-2/h4-6,8,15H,7H2,1-3H3,(H,12,13). The average Bonchev–Trinajstić information content (AvgIpc) is 2.27. The Morgan fingerprint density at radius 2 is 2.38 bits per heavy atom. The molecule has 0 saturated heterocycles. The number of anilines is 1. The zero-order valence-electron chi connectivity index (χ0n) is 9.77. The van der Waals surface area contributed by atoms with Crippen LogP contribution in [-0.4, -0.2) is 47.6 Å². The summed E-state index contributed by atoms with van der Waals surface area (Å²) in [4.78, 5) is 17.4. The predicted molar refractivity (Wildman–Crippen MR) is 62.4 cm³/mol. The maximum Gasteiger partial charge on any atom is 0.257 e. The molecule has 1 aromatic heterocycles. The van der Waals surface area contributed by atoms with Gasteiger partial charge in [-0.05, 0) is 13.0 Å². The fourth-order valence-electron chi connectivity index (χ4n) is 1.47. The molecule has 0 aliphatic carbocycles. The van der Waals surface area contributed by atoms with Crippen molar-refractivity contribution in [3.63, 3.8) is 0 Å². The van der Waals surface area contributed by atoms with E-state index in [1.807, 2.05) is 0 Å². The number of carbonyl (C=O) groups is 1. The Labute approximate surface area is 95.1 Å². The first-order valence-electron chi connectivity index (χ1n) is 5.11. The summed E-state index contributed by atoms with van der Waals surface area (Å²) in [6.07, 6.45) is 2.60. The summed E-state index contributed by atoms with van der Waals surface area (Å²) in [5.41, 5.74) is 1.24. The van der Waals surface area contributed by atoms with Crippen LogP contribution in [0.5, 0.6) is 0 Å². The molecule has 1 heterocycles. The summed E-state index contributed by atoms with van der Waals surface area (Å²) >= 11 is 0. The molecular weight excluding hydrogens is 206 g/mol. The van der Waals surface area contributed by atoms with Gasteiger partial charge in [-0.1, -0.05) is 0 Å². The number of nitrogens with one attached hydrogen (secondary N) is 1. The minimum Gasteiger partial charge on any atom is -0.392 e. The maximum absolute atomic E-state index is 12.0. The van der Waals surface area contributed by atoms with Crippen LogP contribution in [0.1, 0.15) is 17.3 Å². The minimum atomic E-state index is -0.538. The van der Waals surface area contributed by atoms with Gasteiger partial charge in [0, 0.05) is 38.7 Å². The summed E-state index contributed by atoms with van der Waals surface area (Å²) in [7, 11) is 3.41. The molecule has 0 saturated carbocycles. The zero-order chi connectivity index (χ0) is 12.1. The number of amides is 1. The highest BCUT2D eigenvalue weighted by Gasteiger charge is 2.16. The quantitative estimate of drug-likeness (QED) is 0.783. The molecule has 0 spiro atoms. The molecule has 0 radical (unpaired) electrons. The van der Waals surface area contributed by atoms with Crippen molar-refractivity contribution in [2.75, 3.05) is 26.0 Å². The van der Waals surface area contributed by atoms with Crippen molar-refractivity contribution in [3.05, 3.63) is 24.0 Å². The van der Waals surface area contributed by atoms with Crippen molar-refractivity contribution in [1.29, 1.82) is 0 Å². The van der Waals surface area contributed by atoms with Gasteiger partial charge in [0.25, 0.3) is 5.91 Å². The third-order valence-corrected chi connectivity index (χ3v) is 2.21. The van der Waals surface area contributed by atoms with Gasteiger partial charge in [0.15, 0.2) is 0 Å². The van der Waals surface area contributed by atoms with E-state index in [-0.39, 0.29) is 5.91 Å². The van der Waals surface area contributed by atoms with Crippen LogP contribution in [0.3, 0.4) is 0 Å². The van der Waals surface area contributed by atoms with Crippen LogP contribution in [-0.2, 0) is 0 Å². The Morgan fingerprint density at radius 1 is 1.69 bits per heavy atom. The monoisotopic (exact) mass is 223 g/mol. The fourth-order valence-corrected chi connectivity index (χ4v) is 1.47. The largest absolute Gasteiger partial charge is 0.392 e. The van der Waals surface area contributed by atoms with E-state index in [2.05, 4.69) is 10.3 Å². The lowest BCUT2D eigenvalue weighted by molar-refractivity contribution is 0.0704. The van der Waals surface area contributed by atoms with Gasteiger partial charge in [-0.15, -0.1) is 0 Å². The number of likely N-dealkylation sites (N-methyl/N-ethyl adjacent to an activating group) is 1. The van der Waals surface area contributed by atoms with Gasteiger partial charge >= 0.3 is 0 Å².